The van der Waals surface area contributed by atoms with Crippen molar-refractivity contribution < 1.29 is 19.0 Å². The number of carbonyl (C=O) groups is 1. The highest BCUT2D eigenvalue weighted by molar-refractivity contribution is 9.10. The van der Waals surface area contributed by atoms with Gasteiger partial charge < -0.3 is 14.2 Å². The highest BCUT2D eigenvalue weighted by atomic mass is 79.9. The molecule has 0 aromatic heterocycles. The van der Waals surface area contributed by atoms with E-state index in [4.69, 9.17) is 14.2 Å². The molecule has 0 amide bonds. The summed E-state index contributed by atoms with van der Waals surface area (Å²) in [6, 6.07) is 10.8. The summed E-state index contributed by atoms with van der Waals surface area (Å²) in [5.41, 5.74) is 1.30. The van der Waals surface area contributed by atoms with Gasteiger partial charge in [-0.05, 0) is 43.3 Å². The lowest BCUT2D eigenvalue weighted by atomic mass is 10.1. The Morgan fingerprint density at radius 3 is 2.78 bits per heavy atom. The number of carbonyl (C=O) groups excluding carboxylic acids is 1. The normalized spacial score (nSPS) is 14.6. The number of allylic oxidation sites excluding steroid dienone is 1. The van der Waals surface area contributed by atoms with Crippen LogP contribution in [0.5, 0.6) is 17.2 Å². The van der Waals surface area contributed by atoms with Crippen LogP contribution in [0, 0.1) is 0 Å². The quantitative estimate of drug-likeness (QED) is 0.740. The van der Waals surface area contributed by atoms with Crippen LogP contribution in [0.25, 0.3) is 6.08 Å². The maximum Gasteiger partial charge on any atom is 0.231 e. The average Bonchev–Trinajstić information content (AvgIpc) is 2.84. The molecule has 0 bridgehead atoms. The van der Waals surface area contributed by atoms with Crippen molar-refractivity contribution in [3.05, 3.63) is 57.8 Å². The van der Waals surface area contributed by atoms with Crippen LogP contribution in [0.4, 0.5) is 0 Å². The first kappa shape index (κ1) is 15.6. The molecule has 5 heteroatoms. The fraction of sp³-hybridized carbons (Fsp3) is 0.167. The van der Waals surface area contributed by atoms with Crippen molar-refractivity contribution in [3.8, 4) is 17.2 Å². The monoisotopic (exact) mass is 374 g/mol. The molecule has 1 aliphatic heterocycles. The third-order valence-electron chi connectivity index (χ3n) is 3.43. The average molecular weight is 375 g/mol. The smallest absolute Gasteiger partial charge is 0.231 e. The third-order valence-corrected chi connectivity index (χ3v) is 3.92. The minimum Gasteiger partial charge on any atom is -0.496 e. The van der Waals surface area contributed by atoms with E-state index < -0.39 is 0 Å². The maximum atomic E-state index is 12.5. The van der Waals surface area contributed by atoms with Gasteiger partial charge in [0, 0.05) is 16.1 Å². The van der Waals surface area contributed by atoms with E-state index >= 15 is 0 Å². The fourth-order valence-electron chi connectivity index (χ4n) is 2.38. The predicted molar refractivity (Wildman–Crippen MR) is 91.2 cm³/mol. The zero-order valence-electron chi connectivity index (χ0n) is 12.8. The largest absolute Gasteiger partial charge is 0.496 e. The van der Waals surface area contributed by atoms with Crippen LogP contribution >= 0.6 is 15.9 Å². The number of methoxy groups -OCH3 is 1. The molecule has 0 saturated carbocycles. The zero-order valence-corrected chi connectivity index (χ0v) is 14.3. The van der Waals surface area contributed by atoms with Crippen molar-refractivity contribution in [2.24, 2.45) is 0 Å². The van der Waals surface area contributed by atoms with Crippen LogP contribution in [0.15, 0.2) is 46.6 Å². The summed E-state index contributed by atoms with van der Waals surface area (Å²) in [6.07, 6.45) is 1.69. The Morgan fingerprint density at radius 2 is 2.04 bits per heavy atom. The molecule has 0 spiro atoms. The topological polar surface area (TPSA) is 44.8 Å². The summed E-state index contributed by atoms with van der Waals surface area (Å²) in [5, 5.41) is 0. The van der Waals surface area contributed by atoms with Crippen molar-refractivity contribution >= 4 is 27.8 Å². The Kier molecular flexibility index (Phi) is 4.39. The first-order chi connectivity index (χ1) is 11.1. The van der Waals surface area contributed by atoms with Crippen LogP contribution in [-0.2, 0) is 0 Å². The Morgan fingerprint density at radius 1 is 1.22 bits per heavy atom. The van der Waals surface area contributed by atoms with E-state index in [0.717, 1.165) is 10.0 Å². The van der Waals surface area contributed by atoms with Gasteiger partial charge in [0.25, 0.3) is 0 Å². The van der Waals surface area contributed by atoms with Gasteiger partial charge in [-0.1, -0.05) is 15.9 Å². The second kappa shape index (κ2) is 6.46. The van der Waals surface area contributed by atoms with Gasteiger partial charge >= 0.3 is 0 Å². The minimum absolute atomic E-state index is 0.148. The van der Waals surface area contributed by atoms with Crippen LogP contribution in [-0.4, -0.2) is 19.5 Å². The number of hydrogen-bond acceptors (Lipinski definition) is 4. The lowest BCUT2D eigenvalue weighted by molar-refractivity contribution is 0.101. The molecule has 1 aliphatic rings. The first-order valence-corrected chi connectivity index (χ1v) is 7.96. The van der Waals surface area contributed by atoms with Crippen molar-refractivity contribution in [3.63, 3.8) is 0 Å². The molecular weight excluding hydrogens is 360 g/mol. The molecule has 0 N–H and O–H groups in total. The van der Waals surface area contributed by atoms with E-state index in [1.807, 2.05) is 25.1 Å². The van der Waals surface area contributed by atoms with Crippen LogP contribution in [0.3, 0.4) is 0 Å². The Labute approximate surface area is 142 Å². The molecule has 1 heterocycles. The van der Waals surface area contributed by atoms with Gasteiger partial charge in [0.1, 0.15) is 17.2 Å². The van der Waals surface area contributed by atoms with Gasteiger partial charge in [0.05, 0.1) is 19.3 Å². The fourth-order valence-corrected chi connectivity index (χ4v) is 2.76. The molecule has 0 radical (unpaired) electrons. The van der Waals surface area contributed by atoms with Crippen LogP contribution in [0.1, 0.15) is 22.8 Å². The number of hydrogen-bond donors (Lipinski definition) is 0. The van der Waals surface area contributed by atoms with Crippen LogP contribution in [0.2, 0.25) is 0 Å². The number of benzene rings is 2. The maximum absolute atomic E-state index is 12.5. The second-order valence-corrected chi connectivity index (χ2v) is 5.83. The van der Waals surface area contributed by atoms with E-state index in [1.54, 1.807) is 31.4 Å². The summed E-state index contributed by atoms with van der Waals surface area (Å²) in [5.74, 6) is 1.99. The van der Waals surface area contributed by atoms with Crippen molar-refractivity contribution in [2.75, 3.05) is 13.7 Å². The minimum atomic E-state index is -0.148. The Balaban J connectivity index is 1.97. The molecule has 4 nitrogen and oxygen atoms in total. The summed E-state index contributed by atoms with van der Waals surface area (Å²) < 4.78 is 17.4. The molecule has 0 saturated heterocycles. The number of halogens is 1. The highest BCUT2D eigenvalue weighted by Gasteiger charge is 2.28. The molecular formula is C18H15BrO4. The Bertz CT molecular complexity index is 796. The number of rotatable bonds is 4. The van der Waals surface area contributed by atoms with Gasteiger partial charge in [-0.25, -0.2) is 0 Å². The molecule has 118 valence electrons. The standard InChI is InChI=1S/C18H15BrO4/c1-3-22-13-5-6-14-16(10-13)23-17(18(14)20)9-11-8-12(19)4-7-15(11)21-2/h4-10H,3H2,1-2H3. The third kappa shape index (κ3) is 3.10. The van der Waals surface area contributed by atoms with Gasteiger partial charge in [-0.3, -0.25) is 4.79 Å². The Hall–Kier alpha value is -2.27. The van der Waals surface area contributed by atoms with E-state index in [-0.39, 0.29) is 11.5 Å². The molecule has 0 unspecified atom stereocenters. The first-order valence-electron chi connectivity index (χ1n) is 7.17. The lowest BCUT2D eigenvalue weighted by Gasteiger charge is -2.06. The molecule has 3 rings (SSSR count). The molecule has 0 aliphatic carbocycles. The number of ketones is 1. The van der Waals surface area contributed by atoms with E-state index in [9.17, 15) is 4.79 Å². The number of Topliss-reactive ketones (excluding diaryl/α,β-unsaturated/α-hetero) is 1. The van der Waals surface area contributed by atoms with Crippen molar-refractivity contribution in [1.82, 2.24) is 0 Å². The van der Waals surface area contributed by atoms with E-state index in [0.29, 0.717) is 29.4 Å². The van der Waals surface area contributed by atoms with E-state index in [1.165, 1.54) is 0 Å². The number of fused-ring (bicyclic) bond motifs is 1. The van der Waals surface area contributed by atoms with Gasteiger partial charge in [0.2, 0.25) is 5.78 Å². The molecule has 2 aromatic rings. The van der Waals surface area contributed by atoms with Gasteiger partial charge in [-0.2, -0.15) is 0 Å². The van der Waals surface area contributed by atoms with Gasteiger partial charge in [0.15, 0.2) is 5.76 Å². The predicted octanol–water partition coefficient (Wildman–Crippen LogP) is 4.47. The van der Waals surface area contributed by atoms with Crippen LogP contribution < -0.4 is 14.2 Å². The van der Waals surface area contributed by atoms with Crippen molar-refractivity contribution in [2.45, 2.75) is 6.92 Å². The molecule has 2 aromatic carbocycles. The summed E-state index contributed by atoms with van der Waals surface area (Å²) >= 11 is 3.42. The second-order valence-electron chi connectivity index (χ2n) is 4.92. The van der Waals surface area contributed by atoms with E-state index in [2.05, 4.69) is 15.9 Å². The molecule has 23 heavy (non-hydrogen) atoms. The lowest BCUT2D eigenvalue weighted by Crippen LogP contribution is -1.98. The SMILES string of the molecule is CCOc1ccc2c(c1)OC(=Cc1cc(Br)ccc1OC)C2=O. The van der Waals surface area contributed by atoms with Gasteiger partial charge in [-0.15, -0.1) is 0 Å². The summed E-state index contributed by atoms with van der Waals surface area (Å²) in [7, 11) is 1.59. The summed E-state index contributed by atoms with van der Waals surface area (Å²) in [6.45, 7) is 2.47. The molecule has 0 fully saturated rings. The molecule has 0 atom stereocenters. The number of ether oxygens (including phenoxy) is 3. The zero-order chi connectivity index (χ0) is 16.4. The van der Waals surface area contributed by atoms with Crippen molar-refractivity contribution in [1.29, 1.82) is 0 Å². The summed E-state index contributed by atoms with van der Waals surface area (Å²) in [4.78, 5) is 12.5. The highest BCUT2D eigenvalue weighted by Crippen LogP contribution is 2.36.